The Kier molecular flexibility index (Phi) is 11.6. The first kappa shape index (κ1) is 36.7. The Hall–Kier alpha value is -4.06. The Morgan fingerprint density at radius 2 is 1.63 bits per heavy atom. The average Bonchev–Trinajstić information content (AvgIpc) is 4.04. The van der Waals surface area contributed by atoms with Crippen molar-refractivity contribution in [2.24, 2.45) is 17.8 Å². The predicted octanol–water partition coefficient (Wildman–Crippen LogP) is 7.45. The van der Waals surface area contributed by atoms with Gasteiger partial charge in [-0.3, -0.25) is 14.3 Å². The molecule has 0 radical (unpaired) electrons. The summed E-state index contributed by atoms with van der Waals surface area (Å²) in [5.74, 6) is 0.545. The molecule has 2 aromatic heterocycles. The van der Waals surface area contributed by atoms with Crippen molar-refractivity contribution in [3.8, 4) is 11.1 Å². The van der Waals surface area contributed by atoms with Crippen LogP contribution in [0.4, 0.5) is 5.69 Å². The van der Waals surface area contributed by atoms with Crippen LogP contribution < -0.4 is 10.6 Å². The summed E-state index contributed by atoms with van der Waals surface area (Å²) in [6.07, 6.45) is 5.85. The number of nitrogens with zero attached hydrogens (tertiary/aromatic N) is 4. The molecule has 0 bridgehead atoms. The lowest BCUT2D eigenvalue weighted by molar-refractivity contribution is -0.119. The molecule has 1 unspecified atom stereocenters. The third-order valence-corrected chi connectivity index (χ3v) is 11.8. The van der Waals surface area contributed by atoms with Gasteiger partial charge in [0.1, 0.15) is 18.5 Å². The van der Waals surface area contributed by atoms with E-state index in [1.165, 1.54) is 0 Å². The minimum atomic E-state index is -1.16. The number of rotatable bonds is 18. The zero-order valence-electron chi connectivity index (χ0n) is 31.0. The molecule has 2 aliphatic carbocycles. The summed E-state index contributed by atoms with van der Waals surface area (Å²) in [5.41, 5.74) is 6.30. The average molecular weight is 711 g/mol. The number of carbonyl (C=O) groups excluding carboxylic acids is 2. The molecule has 2 aromatic carbocycles. The van der Waals surface area contributed by atoms with Crippen LogP contribution in [0.15, 0.2) is 66.9 Å². The van der Waals surface area contributed by atoms with Crippen LogP contribution >= 0.6 is 0 Å². The molecule has 272 valence electrons. The van der Waals surface area contributed by atoms with E-state index in [0.717, 1.165) is 66.4 Å². The first-order chi connectivity index (χ1) is 24.5. The van der Waals surface area contributed by atoms with Crippen molar-refractivity contribution in [2.75, 3.05) is 11.9 Å². The maximum atomic E-state index is 14.1. The Morgan fingerprint density at radius 1 is 0.941 bits per heavy atom. The van der Waals surface area contributed by atoms with Crippen molar-refractivity contribution in [3.05, 3.63) is 89.5 Å². The monoisotopic (exact) mass is 710 g/mol. The van der Waals surface area contributed by atoms with E-state index >= 15 is 0 Å². The number of ether oxygens (including phenoxy) is 2. The van der Waals surface area contributed by atoms with Crippen LogP contribution in [0, 0.1) is 31.6 Å². The highest BCUT2D eigenvalue weighted by molar-refractivity contribution is 6.76. The molecule has 0 aliphatic heterocycles. The zero-order valence-corrected chi connectivity index (χ0v) is 32.0. The lowest BCUT2D eigenvalue weighted by atomic mass is 9.88. The fourth-order valence-corrected chi connectivity index (χ4v) is 7.69. The van der Waals surface area contributed by atoms with E-state index in [2.05, 4.69) is 42.3 Å². The van der Waals surface area contributed by atoms with E-state index in [9.17, 15) is 9.59 Å². The summed E-state index contributed by atoms with van der Waals surface area (Å²) in [6, 6.07) is 20.1. The molecule has 10 nitrogen and oxygen atoms in total. The number of anilines is 1. The summed E-state index contributed by atoms with van der Waals surface area (Å²) in [7, 11) is -1.16. The number of carbonyl (C=O) groups is 2. The van der Waals surface area contributed by atoms with Crippen molar-refractivity contribution in [1.29, 1.82) is 0 Å². The molecular formula is C40H54N6O4Si. The van der Waals surface area contributed by atoms with E-state index in [0.29, 0.717) is 43.1 Å². The molecule has 2 heterocycles. The summed E-state index contributed by atoms with van der Waals surface area (Å²) in [4.78, 5) is 27.9. The molecule has 2 atom stereocenters. The van der Waals surface area contributed by atoms with Gasteiger partial charge in [-0.05, 0) is 99.6 Å². The molecule has 2 saturated carbocycles. The summed E-state index contributed by atoms with van der Waals surface area (Å²) in [5, 5.41) is 15.5. The normalized spacial score (nSPS) is 15.9. The highest BCUT2D eigenvalue weighted by Gasteiger charge is 2.48. The summed E-state index contributed by atoms with van der Waals surface area (Å²) < 4.78 is 15.6. The number of benzene rings is 2. The smallest absolute Gasteiger partial charge is 0.270 e. The fraction of sp³-hybridized carbons (Fsp3) is 0.500. The second-order valence-electron chi connectivity index (χ2n) is 15.7. The largest absolute Gasteiger partial charge is 0.372 e. The van der Waals surface area contributed by atoms with Gasteiger partial charge in [-0.2, -0.15) is 10.2 Å². The Labute approximate surface area is 303 Å². The molecule has 6 rings (SSSR count). The number of aryl methyl sites for hydroxylation is 1. The number of hydrogen-bond acceptors (Lipinski definition) is 6. The van der Waals surface area contributed by atoms with Gasteiger partial charge in [0, 0.05) is 37.8 Å². The second kappa shape index (κ2) is 16.1. The van der Waals surface area contributed by atoms with Gasteiger partial charge in [-0.1, -0.05) is 62.1 Å². The van der Waals surface area contributed by atoms with Crippen LogP contribution in [-0.2, 0) is 34.2 Å². The molecule has 4 aromatic rings. The van der Waals surface area contributed by atoms with Crippen LogP contribution in [0.3, 0.4) is 0 Å². The van der Waals surface area contributed by atoms with Crippen molar-refractivity contribution >= 4 is 25.6 Å². The molecule has 0 saturated heterocycles. The Morgan fingerprint density at radius 3 is 2.27 bits per heavy atom. The van der Waals surface area contributed by atoms with Crippen LogP contribution in [0.5, 0.6) is 0 Å². The molecule has 11 heteroatoms. The highest BCUT2D eigenvalue weighted by Crippen LogP contribution is 2.51. The van der Waals surface area contributed by atoms with Crippen LogP contribution in [0.2, 0.25) is 25.7 Å². The number of hydrogen-bond donors (Lipinski definition) is 2. The third kappa shape index (κ3) is 9.84. The Bertz CT molecular complexity index is 1760. The quantitative estimate of drug-likeness (QED) is 0.0820. The van der Waals surface area contributed by atoms with Gasteiger partial charge < -0.3 is 20.1 Å². The van der Waals surface area contributed by atoms with Gasteiger partial charge in [0.15, 0.2) is 0 Å². The molecule has 51 heavy (non-hydrogen) atoms. The van der Waals surface area contributed by atoms with Gasteiger partial charge >= 0.3 is 0 Å². The van der Waals surface area contributed by atoms with E-state index in [4.69, 9.17) is 14.6 Å². The minimum absolute atomic E-state index is 0.113. The second-order valence-corrected chi connectivity index (χ2v) is 21.3. The molecule has 2 fully saturated rings. The number of aromatic nitrogens is 4. The van der Waals surface area contributed by atoms with Gasteiger partial charge in [-0.15, -0.1) is 0 Å². The maximum absolute atomic E-state index is 14.1. The van der Waals surface area contributed by atoms with Crippen molar-refractivity contribution in [1.82, 2.24) is 24.9 Å². The maximum Gasteiger partial charge on any atom is 0.270 e. The molecule has 2 N–H and O–H groups in total. The van der Waals surface area contributed by atoms with Gasteiger partial charge in [0.05, 0.1) is 24.9 Å². The van der Waals surface area contributed by atoms with Crippen LogP contribution in [0.25, 0.3) is 11.1 Å². The minimum Gasteiger partial charge on any atom is -0.372 e. The summed E-state index contributed by atoms with van der Waals surface area (Å²) >= 11 is 0. The highest BCUT2D eigenvalue weighted by atomic mass is 28.3. The van der Waals surface area contributed by atoms with Crippen molar-refractivity contribution in [2.45, 2.75) is 104 Å². The zero-order chi connectivity index (χ0) is 36.1. The van der Waals surface area contributed by atoms with Gasteiger partial charge in [0.25, 0.3) is 5.91 Å². The van der Waals surface area contributed by atoms with E-state index < -0.39 is 14.1 Å². The third-order valence-electron chi connectivity index (χ3n) is 10.1. The van der Waals surface area contributed by atoms with Gasteiger partial charge in [0.2, 0.25) is 5.91 Å². The lowest BCUT2D eigenvalue weighted by Crippen LogP contribution is -2.50. The van der Waals surface area contributed by atoms with Crippen LogP contribution in [-0.4, -0.2) is 58.2 Å². The van der Waals surface area contributed by atoms with Crippen molar-refractivity contribution in [3.63, 3.8) is 0 Å². The van der Waals surface area contributed by atoms with E-state index in [-0.39, 0.29) is 23.8 Å². The predicted molar refractivity (Wildman–Crippen MR) is 203 cm³/mol. The standard InChI is InChI=1S/C40H54N6O4Si/c1-27(50-25-30-10-8-7-9-11-30)24-45-35(20-21-41-45)39(47)43-38(37(32-12-13-32)33-14-15-33)40(48)42-34-18-16-31(17-19-34)36-28(2)44-46(29(36)3)26-49-22-23-51(4,5)6/h7-11,16-21,27,32-33,37-38H,12-15,22-26H2,1-6H3,(H,42,48)(H,43,47)/t27?,38-/m0/s1. The van der Waals surface area contributed by atoms with E-state index in [1.54, 1.807) is 16.9 Å². The first-order valence-corrected chi connectivity index (χ1v) is 22.2. The van der Waals surface area contributed by atoms with Crippen LogP contribution in [0.1, 0.15) is 60.0 Å². The fourth-order valence-electron chi connectivity index (χ4n) is 6.93. The Balaban J connectivity index is 1.11. The van der Waals surface area contributed by atoms with E-state index in [1.807, 2.05) is 73.1 Å². The molecule has 2 aliphatic rings. The number of amides is 2. The lowest BCUT2D eigenvalue weighted by Gasteiger charge is -2.27. The summed E-state index contributed by atoms with van der Waals surface area (Å²) in [6.45, 7) is 15.2. The molecular weight excluding hydrogens is 657 g/mol. The van der Waals surface area contributed by atoms with Gasteiger partial charge in [-0.25, -0.2) is 4.68 Å². The molecule has 0 spiro atoms. The first-order valence-electron chi connectivity index (χ1n) is 18.5. The molecule has 2 amide bonds. The topological polar surface area (TPSA) is 112 Å². The SMILES string of the molecule is Cc1nn(COCC[Si](C)(C)C)c(C)c1-c1ccc(NC(=O)[C@@H](NC(=O)c2ccnn2CC(C)OCc2ccccc2)C(C2CC2)C2CC2)cc1. The number of nitrogens with one attached hydrogen (secondary N) is 2. The van der Waals surface area contributed by atoms with Crippen molar-refractivity contribution < 1.29 is 19.1 Å².